The molecule has 6 heteroatoms. The Labute approximate surface area is 124 Å². The summed E-state index contributed by atoms with van der Waals surface area (Å²) in [6.45, 7) is 4.58. The van der Waals surface area contributed by atoms with E-state index < -0.39 is 23.8 Å². The largest absolute Gasteiger partial charge is 0.479 e. The van der Waals surface area contributed by atoms with Gasteiger partial charge in [-0.2, -0.15) is 0 Å². The Morgan fingerprint density at radius 1 is 1.14 bits per heavy atom. The molecule has 0 aromatic rings. The average Bonchev–Trinajstić information content (AvgIpc) is 2.90. The normalized spacial score (nSPS) is 30.8. The van der Waals surface area contributed by atoms with E-state index in [9.17, 15) is 14.7 Å². The molecule has 0 aromatic carbocycles. The number of carboxylic acid groups (broad SMARTS) is 1. The molecular weight excluding hydrogens is 274 g/mol. The average molecular weight is 299 g/mol. The Hall–Kier alpha value is -1.14. The summed E-state index contributed by atoms with van der Waals surface area (Å²) >= 11 is 0. The van der Waals surface area contributed by atoms with Gasteiger partial charge in [-0.1, -0.05) is 13.8 Å². The Morgan fingerprint density at radius 3 is 2.24 bits per heavy atom. The van der Waals surface area contributed by atoms with Crippen LogP contribution in [0.25, 0.3) is 0 Å². The standard InChI is InChI=1S/C15H25NO5/c1-14(2)5-7-15(20,8-6-14)9-16-12(17)10-3-4-11(21-10)13(18)19/h10-11,20H,3-9H2,1-2H3,(H,16,17)(H,18,19). The maximum Gasteiger partial charge on any atom is 0.332 e. The summed E-state index contributed by atoms with van der Waals surface area (Å²) < 4.78 is 5.20. The molecule has 1 aliphatic heterocycles. The van der Waals surface area contributed by atoms with Crippen molar-refractivity contribution in [3.05, 3.63) is 0 Å². The Morgan fingerprint density at radius 2 is 1.71 bits per heavy atom. The van der Waals surface area contributed by atoms with Gasteiger partial charge in [0.25, 0.3) is 0 Å². The lowest BCUT2D eigenvalue weighted by molar-refractivity contribution is -0.152. The SMILES string of the molecule is CC1(C)CCC(O)(CNC(=O)C2CCC(C(=O)O)O2)CC1. The van der Waals surface area contributed by atoms with Gasteiger partial charge in [-0.05, 0) is 43.9 Å². The van der Waals surface area contributed by atoms with Crippen molar-refractivity contribution in [3.63, 3.8) is 0 Å². The van der Waals surface area contributed by atoms with Gasteiger partial charge in [0.05, 0.1) is 5.60 Å². The summed E-state index contributed by atoms with van der Waals surface area (Å²) in [5.41, 5.74) is -0.602. The van der Waals surface area contributed by atoms with Crippen molar-refractivity contribution in [1.29, 1.82) is 0 Å². The van der Waals surface area contributed by atoms with Crippen LogP contribution in [0.15, 0.2) is 0 Å². The second kappa shape index (κ2) is 5.93. The first-order chi connectivity index (χ1) is 9.71. The summed E-state index contributed by atoms with van der Waals surface area (Å²) in [6.07, 6.45) is 2.36. The molecule has 1 saturated carbocycles. The molecule has 120 valence electrons. The van der Waals surface area contributed by atoms with Crippen LogP contribution >= 0.6 is 0 Å². The van der Waals surface area contributed by atoms with Crippen molar-refractivity contribution in [2.24, 2.45) is 5.41 Å². The van der Waals surface area contributed by atoms with Gasteiger partial charge in [0.2, 0.25) is 5.91 Å². The molecule has 1 aliphatic carbocycles. The number of nitrogens with one attached hydrogen (secondary N) is 1. The lowest BCUT2D eigenvalue weighted by Gasteiger charge is -2.40. The van der Waals surface area contributed by atoms with Gasteiger partial charge in [0.1, 0.15) is 6.10 Å². The van der Waals surface area contributed by atoms with Crippen LogP contribution in [-0.4, -0.2) is 46.4 Å². The number of ether oxygens (including phenoxy) is 1. The fraction of sp³-hybridized carbons (Fsp3) is 0.867. The van der Waals surface area contributed by atoms with Crippen LogP contribution in [-0.2, 0) is 14.3 Å². The maximum atomic E-state index is 12.0. The topological polar surface area (TPSA) is 95.9 Å². The molecule has 3 N–H and O–H groups in total. The van der Waals surface area contributed by atoms with Gasteiger partial charge >= 0.3 is 5.97 Å². The summed E-state index contributed by atoms with van der Waals surface area (Å²) in [4.78, 5) is 22.8. The zero-order valence-corrected chi connectivity index (χ0v) is 12.7. The van der Waals surface area contributed by atoms with Crippen LogP contribution in [0.4, 0.5) is 0 Å². The van der Waals surface area contributed by atoms with Crippen LogP contribution < -0.4 is 5.32 Å². The number of carbonyl (C=O) groups excluding carboxylic acids is 1. The highest BCUT2D eigenvalue weighted by Crippen LogP contribution is 2.39. The molecule has 2 fully saturated rings. The van der Waals surface area contributed by atoms with Crippen LogP contribution in [0.2, 0.25) is 0 Å². The van der Waals surface area contributed by atoms with E-state index in [-0.39, 0.29) is 17.9 Å². The molecule has 6 nitrogen and oxygen atoms in total. The number of aliphatic hydroxyl groups is 1. The molecule has 2 unspecified atom stereocenters. The highest BCUT2D eigenvalue weighted by molar-refractivity contribution is 5.82. The van der Waals surface area contributed by atoms with E-state index in [1.165, 1.54) is 0 Å². The lowest BCUT2D eigenvalue weighted by atomic mass is 9.71. The van der Waals surface area contributed by atoms with Crippen molar-refractivity contribution in [2.45, 2.75) is 70.2 Å². The number of rotatable bonds is 4. The summed E-state index contributed by atoms with van der Waals surface area (Å²) in [5, 5.41) is 22.0. The van der Waals surface area contributed by atoms with Crippen molar-refractivity contribution >= 4 is 11.9 Å². The van der Waals surface area contributed by atoms with E-state index in [1.807, 2.05) is 0 Å². The molecule has 1 amide bonds. The van der Waals surface area contributed by atoms with Crippen molar-refractivity contribution in [1.82, 2.24) is 5.32 Å². The zero-order chi connectivity index (χ0) is 15.7. The fourth-order valence-electron chi connectivity index (χ4n) is 2.95. The van der Waals surface area contributed by atoms with Crippen LogP contribution in [0.5, 0.6) is 0 Å². The first-order valence-corrected chi connectivity index (χ1v) is 7.59. The van der Waals surface area contributed by atoms with Crippen molar-refractivity contribution < 1.29 is 24.5 Å². The van der Waals surface area contributed by atoms with Crippen LogP contribution in [0, 0.1) is 5.41 Å². The number of aliphatic carboxylic acids is 1. The van der Waals surface area contributed by atoms with E-state index in [0.717, 1.165) is 12.8 Å². The smallest absolute Gasteiger partial charge is 0.332 e. The molecule has 0 aromatic heterocycles. The molecule has 1 heterocycles. The highest BCUT2D eigenvalue weighted by atomic mass is 16.5. The molecule has 21 heavy (non-hydrogen) atoms. The monoisotopic (exact) mass is 299 g/mol. The molecular formula is C15H25NO5. The number of amides is 1. The number of hydrogen-bond acceptors (Lipinski definition) is 4. The minimum Gasteiger partial charge on any atom is -0.479 e. The number of carbonyl (C=O) groups is 2. The number of hydrogen-bond donors (Lipinski definition) is 3. The van der Waals surface area contributed by atoms with Gasteiger partial charge in [0, 0.05) is 6.54 Å². The molecule has 0 bridgehead atoms. The Kier molecular flexibility index (Phi) is 4.58. The van der Waals surface area contributed by atoms with E-state index in [1.54, 1.807) is 0 Å². The van der Waals surface area contributed by atoms with Gasteiger partial charge < -0.3 is 20.3 Å². The van der Waals surface area contributed by atoms with Crippen molar-refractivity contribution in [3.8, 4) is 0 Å². The quantitative estimate of drug-likeness (QED) is 0.721. The Balaban J connectivity index is 1.78. The van der Waals surface area contributed by atoms with E-state index in [0.29, 0.717) is 25.7 Å². The lowest BCUT2D eigenvalue weighted by Crippen LogP contribution is -2.48. The van der Waals surface area contributed by atoms with Crippen LogP contribution in [0.1, 0.15) is 52.4 Å². The van der Waals surface area contributed by atoms with Crippen molar-refractivity contribution in [2.75, 3.05) is 6.54 Å². The number of carboxylic acids is 1. The third-order valence-corrected chi connectivity index (χ3v) is 4.71. The van der Waals surface area contributed by atoms with Gasteiger partial charge in [0.15, 0.2) is 6.10 Å². The summed E-state index contributed by atoms with van der Waals surface area (Å²) in [6, 6.07) is 0. The zero-order valence-electron chi connectivity index (χ0n) is 12.7. The predicted octanol–water partition coefficient (Wildman–Crippen LogP) is 1.07. The first-order valence-electron chi connectivity index (χ1n) is 7.59. The highest BCUT2D eigenvalue weighted by Gasteiger charge is 2.39. The Bertz CT molecular complexity index is 410. The van der Waals surface area contributed by atoms with E-state index in [4.69, 9.17) is 9.84 Å². The molecule has 0 radical (unpaired) electrons. The molecule has 1 saturated heterocycles. The van der Waals surface area contributed by atoms with Crippen LogP contribution in [0.3, 0.4) is 0 Å². The van der Waals surface area contributed by atoms with Gasteiger partial charge in [-0.25, -0.2) is 4.79 Å². The predicted molar refractivity (Wildman–Crippen MR) is 75.7 cm³/mol. The molecule has 0 spiro atoms. The minimum atomic E-state index is -1.03. The molecule has 2 rings (SSSR count). The maximum absolute atomic E-state index is 12.0. The fourth-order valence-corrected chi connectivity index (χ4v) is 2.95. The summed E-state index contributed by atoms with van der Waals surface area (Å²) in [7, 11) is 0. The van der Waals surface area contributed by atoms with E-state index >= 15 is 0 Å². The molecule has 2 aliphatic rings. The van der Waals surface area contributed by atoms with E-state index in [2.05, 4.69) is 19.2 Å². The third kappa shape index (κ3) is 4.17. The molecule has 2 atom stereocenters. The first kappa shape index (κ1) is 16.2. The third-order valence-electron chi connectivity index (χ3n) is 4.71. The van der Waals surface area contributed by atoms with Gasteiger partial charge in [-0.3, -0.25) is 4.79 Å². The second-order valence-corrected chi connectivity index (χ2v) is 7.14. The minimum absolute atomic E-state index is 0.208. The second-order valence-electron chi connectivity index (χ2n) is 7.14. The summed E-state index contributed by atoms with van der Waals surface area (Å²) in [5.74, 6) is -1.35. The van der Waals surface area contributed by atoms with Gasteiger partial charge in [-0.15, -0.1) is 0 Å².